The van der Waals surface area contributed by atoms with Gasteiger partial charge in [-0.2, -0.15) is 0 Å². The molecule has 1 aromatic heterocycles. The summed E-state index contributed by atoms with van der Waals surface area (Å²) in [6, 6.07) is 25.2. The third-order valence-corrected chi connectivity index (χ3v) is 5.01. The predicted octanol–water partition coefficient (Wildman–Crippen LogP) is 5.83. The van der Waals surface area contributed by atoms with Crippen molar-refractivity contribution in [3.63, 3.8) is 0 Å². The summed E-state index contributed by atoms with van der Waals surface area (Å²) in [5.74, 6) is 0.355. The number of fused-ring (bicyclic) bond motifs is 1. The first-order valence-electron chi connectivity index (χ1n) is 8.93. The van der Waals surface area contributed by atoms with E-state index in [1.807, 2.05) is 66.7 Å². The van der Waals surface area contributed by atoms with Crippen molar-refractivity contribution in [2.45, 2.75) is 0 Å². The zero-order chi connectivity index (χ0) is 19.3. The van der Waals surface area contributed by atoms with Gasteiger partial charge >= 0.3 is 5.97 Å². The van der Waals surface area contributed by atoms with Crippen LogP contribution in [0, 0.1) is 0 Å². The molecule has 1 heterocycles. The second-order valence-corrected chi connectivity index (χ2v) is 7.12. The van der Waals surface area contributed by atoms with Gasteiger partial charge in [-0.15, -0.1) is 0 Å². The topological polar surface area (TPSA) is 51.3 Å². The molecule has 0 aliphatic rings. The highest BCUT2D eigenvalue weighted by atomic mass is 79.9. The number of aromatic amines is 1. The van der Waals surface area contributed by atoms with Crippen LogP contribution in [0.25, 0.3) is 22.2 Å². The third-order valence-electron chi connectivity index (χ3n) is 4.35. The summed E-state index contributed by atoms with van der Waals surface area (Å²) in [4.78, 5) is 15.7. The van der Waals surface area contributed by atoms with E-state index in [9.17, 15) is 4.79 Å². The molecule has 4 aromatic rings. The lowest BCUT2D eigenvalue weighted by molar-refractivity contribution is 0.0450. The predicted molar refractivity (Wildman–Crippen MR) is 114 cm³/mol. The Bertz CT molecular complexity index is 1110. The Morgan fingerprint density at radius 1 is 0.893 bits per heavy atom. The van der Waals surface area contributed by atoms with E-state index in [0.717, 1.165) is 32.4 Å². The Morgan fingerprint density at radius 3 is 2.50 bits per heavy atom. The van der Waals surface area contributed by atoms with E-state index in [2.05, 4.69) is 27.0 Å². The summed E-state index contributed by atoms with van der Waals surface area (Å²) < 4.78 is 11.8. The largest absolute Gasteiger partial charge is 0.489 e. The molecule has 0 spiro atoms. The molecule has 0 aliphatic carbocycles. The van der Waals surface area contributed by atoms with Crippen LogP contribution in [0.1, 0.15) is 10.4 Å². The summed E-state index contributed by atoms with van der Waals surface area (Å²) in [7, 11) is 0. The van der Waals surface area contributed by atoms with Crippen LogP contribution in [0.3, 0.4) is 0 Å². The van der Waals surface area contributed by atoms with E-state index in [1.165, 1.54) is 0 Å². The SMILES string of the molecule is O=C(OCCOc1ccccc1Br)c1ccc2cc(-c3ccccc3)[nH]c2c1. The van der Waals surface area contributed by atoms with Gasteiger partial charge in [0.1, 0.15) is 19.0 Å². The summed E-state index contributed by atoms with van der Waals surface area (Å²) in [6.45, 7) is 0.468. The smallest absolute Gasteiger partial charge is 0.338 e. The van der Waals surface area contributed by atoms with Crippen LogP contribution in [0.4, 0.5) is 0 Å². The molecule has 0 amide bonds. The molecule has 4 nitrogen and oxygen atoms in total. The first-order valence-corrected chi connectivity index (χ1v) is 9.73. The van der Waals surface area contributed by atoms with Gasteiger partial charge in [-0.25, -0.2) is 4.79 Å². The van der Waals surface area contributed by atoms with Crippen LogP contribution < -0.4 is 4.74 Å². The zero-order valence-corrected chi connectivity index (χ0v) is 16.6. The highest BCUT2D eigenvalue weighted by Gasteiger charge is 2.10. The van der Waals surface area contributed by atoms with Gasteiger partial charge in [0.15, 0.2) is 0 Å². The number of para-hydroxylation sites is 1. The quantitative estimate of drug-likeness (QED) is 0.306. The van der Waals surface area contributed by atoms with Crippen molar-refractivity contribution in [3.8, 4) is 17.0 Å². The maximum absolute atomic E-state index is 12.3. The van der Waals surface area contributed by atoms with Crippen molar-refractivity contribution in [3.05, 3.63) is 88.9 Å². The molecule has 0 saturated carbocycles. The lowest BCUT2D eigenvalue weighted by Crippen LogP contribution is -2.12. The van der Waals surface area contributed by atoms with Crippen molar-refractivity contribution in [2.24, 2.45) is 0 Å². The van der Waals surface area contributed by atoms with Crippen molar-refractivity contribution in [2.75, 3.05) is 13.2 Å². The fourth-order valence-electron chi connectivity index (χ4n) is 2.96. The Hall–Kier alpha value is -3.05. The van der Waals surface area contributed by atoms with Gasteiger partial charge in [0, 0.05) is 16.6 Å². The number of ether oxygens (including phenoxy) is 2. The van der Waals surface area contributed by atoms with E-state index in [4.69, 9.17) is 9.47 Å². The molecule has 0 fully saturated rings. The maximum Gasteiger partial charge on any atom is 0.338 e. The van der Waals surface area contributed by atoms with Crippen molar-refractivity contribution in [1.82, 2.24) is 4.98 Å². The van der Waals surface area contributed by atoms with Crippen LogP contribution in [0.2, 0.25) is 0 Å². The Morgan fingerprint density at radius 2 is 1.68 bits per heavy atom. The first kappa shape index (κ1) is 18.3. The Balaban J connectivity index is 1.39. The zero-order valence-electron chi connectivity index (χ0n) is 15.0. The number of hydrogen-bond donors (Lipinski definition) is 1. The average molecular weight is 436 g/mol. The monoisotopic (exact) mass is 435 g/mol. The second kappa shape index (κ2) is 8.31. The molecule has 0 aliphatic heterocycles. The van der Waals surface area contributed by atoms with Gasteiger partial charge in [-0.05, 0) is 51.8 Å². The number of H-pyrrole nitrogens is 1. The molecular formula is C23H18BrNO3. The summed E-state index contributed by atoms with van der Waals surface area (Å²) in [6.07, 6.45) is 0. The number of carbonyl (C=O) groups excluding carboxylic acids is 1. The van der Waals surface area contributed by atoms with Crippen molar-refractivity contribution < 1.29 is 14.3 Å². The van der Waals surface area contributed by atoms with E-state index >= 15 is 0 Å². The minimum atomic E-state index is -0.367. The van der Waals surface area contributed by atoms with Crippen LogP contribution in [0.5, 0.6) is 5.75 Å². The Kier molecular flexibility index (Phi) is 5.44. The van der Waals surface area contributed by atoms with E-state index in [1.54, 1.807) is 6.07 Å². The van der Waals surface area contributed by atoms with E-state index in [0.29, 0.717) is 5.56 Å². The van der Waals surface area contributed by atoms with Gasteiger partial charge in [0.2, 0.25) is 0 Å². The van der Waals surface area contributed by atoms with Gasteiger partial charge < -0.3 is 14.5 Å². The molecule has 0 unspecified atom stereocenters. The molecule has 5 heteroatoms. The van der Waals surface area contributed by atoms with E-state index in [-0.39, 0.29) is 19.2 Å². The fourth-order valence-corrected chi connectivity index (χ4v) is 3.36. The number of aromatic nitrogens is 1. The Labute approximate surface area is 171 Å². The van der Waals surface area contributed by atoms with E-state index < -0.39 is 0 Å². The average Bonchev–Trinajstić information content (AvgIpc) is 3.16. The summed E-state index contributed by atoms with van der Waals surface area (Å²) >= 11 is 3.42. The molecule has 4 rings (SSSR count). The minimum absolute atomic E-state index is 0.179. The van der Waals surface area contributed by atoms with Crippen molar-refractivity contribution >= 4 is 32.8 Å². The molecule has 28 heavy (non-hydrogen) atoms. The third kappa shape index (κ3) is 4.10. The minimum Gasteiger partial charge on any atom is -0.489 e. The van der Waals surface area contributed by atoms with Gasteiger partial charge in [-0.1, -0.05) is 48.5 Å². The fraction of sp³-hybridized carbons (Fsp3) is 0.0870. The number of nitrogens with one attached hydrogen (secondary N) is 1. The standard InChI is InChI=1S/C23H18BrNO3/c24-19-8-4-5-9-22(19)27-12-13-28-23(26)18-11-10-17-14-20(25-21(17)15-18)16-6-2-1-3-7-16/h1-11,14-15,25H,12-13H2. The molecule has 0 bridgehead atoms. The second-order valence-electron chi connectivity index (χ2n) is 6.27. The molecular weight excluding hydrogens is 418 g/mol. The molecule has 140 valence electrons. The normalized spacial score (nSPS) is 10.8. The maximum atomic E-state index is 12.3. The van der Waals surface area contributed by atoms with Gasteiger partial charge in [0.05, 0.1) is 10.0 Å². The highest BCUT2D eigenvalue weighted by Crippen LogP contribution is 2.25. The van der Waals surface area contributed by atoms with Crippen LogP contribution in [-0.4, -0.2) is 24.2 Å². The van der Waals surface area contributed by atoms with Gasteiger partial charge in [-0.3, -0.25) is 0 Å². The molecule has 1 N–H and O–H groups in total. The van der Waals surface area contributed by atoms with Crippen LogP contribution >= 0.6 is 15.9 Å². The molecule has 3 aromatic carbocycles. The highest BCUT2D eigenvalue weighted by molar-refractivity contribution is 9.10. The van der Waals surface area contributed by atoms with Crippen LogP contribution in [0.15, 0.2) is 83.3 Å². The number of benzene rings is 3. The van der Waals surface area contributed by atoms with Gasteiger partial charge in [0.25, 0.3) is 0 Å². The number of halogens is 1. The summed E-state index contributed by atoms with van der Waals surface area (Å²) in [5, 5.41) is 1.05. The summed E-state index contributed by atoms with van der Waals surface area (Å²) in [5.41, 5.74) is 3.53. The first-order chi connectivity index (χ1) is 13.7. The molecule has 0 radical (unpaired) electrons. The number of rotatable bonds is 6. The van der Waals surface area contributed by atoms with Crippen molar-refractivity contribution in [1.29, 1.82) is 0 Å². The number of hydrogen-bond acceptors (Lipinski definition) is 3. The van der Waals surface area contributed by atoms with Crippen LogP contribution in [-0.2, 0) is 4.74 Å². The lowest BCUT2D eigenvalue weighted by Gasteiger charge is -2.08. The number of esters is 1. The molecule has 0 saturated heterocycles. The number of carbonyl (C=O) groups is 1. The molecule has 0 atom stereocenters. The lowest BCUT2D eigenvalue weighted by atomic mass is 10.1.